The van der Waals surface area contributed by atoms with Crippen LogP contribution in [0.15, 0.2) is 29.3 Å². The minimum absolute atomic E-state index is 0. The summed E-state index contributed by atoms with van der Waals surface area (Å²) < 4.78 is 5.50. The van der Waals surface area contributed by atoms with Crippen LogP contribution in [0, 0.1) is 5.92 Å². The lowest BCUT2D eigenvalue weighted by Gasteiger charge is -2.29. The molecular weight excluding hydrogens is 439 g/mol. The highest BCUT2D eigenvalue weighted by Crippen LogP contribution is 2.18. The van der Waals surface area contributed by atoms with E-state index in [1.165, 1.54) is 37.9 Å². The molecule has 1 fully saturated rings. The van der Waals surface area contributed by atoms with Crippen molar-refractivity contribution in [1.82, 2.24) is 15.1 Å². The molecule has 0 spiro atoms. The van der Waals surface area contributed by atoms with Crippen LogP contribution in [-0.4, -0.2) is 63.1 Å². The molecule has 1 aliphatic rings. The van der Waals surface area contributed by atoms with Crippen LogP contribution in [-0.2, 0) is 6.54 Å². The maximum absolute atomic E-state index is 5.50. The van der Waals surface area contributed by atoms with E-state index in [0.29, 0.717) is 6.61 Å². The molecule has 1 heterocycles. The van der Waals surface area contributed by atoms with Gasteiger partial charge in [-0.05, 0) is 69.9 Å². The maximum atomic E-state index is 5.50. The monoisotopic (exact) mass is 474 g/mol. The number of rotatable bonds is 7. The van der Waals surface area contributed by atoms with Crippen molar-refractivity contribution in [3.8, 4) is 5.75 Å². The van der Waals surface area contributed by atoms with Crippen LogP contribution in [0.3, 0.4) is 0 Å². The third kappa shape index (κ3) is 7.70. The molecule has 0 bridgehead atoms. The van der Waals surface area contributed by atoms with Crippen molar-refractivity contribution in [2.24, 2.45) is 10.9 Å². The smallest absolute Gasteiger partial charge is 0.193 e. The molecule has 1 aromatic rings. The summed E-state index contributed by atoms with van der Waals surface area (Å²) in [5.74, 6) is 2.73. The summed E-state index contributed by atoms with van der Waals surface area (Å²) in [7, 11) is 6.15. The van der Waals surface area contributed by atoms with E-state index >= 15 is 0 Å². The van der Waals surface area contributed by atoms with E-state index < -0.39 is 0 Å². The zero-order chi connectivity index (χ0) is 18.1. The van der Waals surface area contributed by atoms with Crippen LogP contribution >= 0.6 is 24.0 Å². The standard InChI is InChI=1S/C20H34N4O.HI/c1-5-25-19-8-6-18(7-9-19)16-24(4)20(21-2)22-13-10-17-11-14-23(3)15-12-17;/h6-9,17H,5,10-16H2,1-4H3,(H,21,22);1H. The lowest BCUT2D eigenvalue weighted by molar-refractivity contribution is 0.212. The second-order valence-electron chi connectivity index (χ2n) is 6.94. The number of nitrogens with zero attached hydrogens (tertiary/aromatic N) is 3. The zero-order valence-corrected chi connectivity index (χ0v) is 19.0. The highest BCUT2D eigenvalue weighted by Gasteiger charge is 2.16. The molecule has 0 saturated carbocycles. The number of halogens is 1. The van der Waals surface area contributed by atoms with Crippen molar-refractivity contribution in [2.75, 3.05) is 47.4 Å². The molecular formula is C20H35IN4O. The fourth-order valence-electron chi connectivity index (χ4n) is 3.33. The highest BCUT2D eigenvalue weighted by molar-refractivity contribution is 14.0. The van der Waals surface area contributed by atoms with E-state index in [1.54, 1.807) is 0 Å². The topological polar surface area (TPSA) is 40.1 Å². The number of hydrogen-bond acceptors (Lipinski definition) is 3. The van der Waals surface area contributed by atoms with E-state index in [0.717, 1.165) is 30.7 Å². The highest BCUT2D eigenvalue weighted by atomic mass is 127. The lowest BCUT2D eigenvalue weighted by atomic mass is 9.94. The minimum atomic E-state index is 0. The molecule has 6 heteroatoms. The summed E-state index contributed by atoms with van der Waals surface area (Å²) in [6.45, 7) is 7.00. The van der Waals surface area contributed by atoms with Gasteiger partial charge in [-0.25, -0.2) is 0 Å². The maximum Gasteiger partial charge on any atom is 0.193 e. The van der Waals surface area contributed by atoms with Crippen molar-refractivity contribution in [2.45, 2.75) is 32.7 Å². The average Bonchev–Trinajstić information content (AvgIpc) is 2.62. The van der Waals surface area contributed by atoms with Crippen molar-refractivity contribution in [3.63, 3.8) is 0 Å². The number of benzene rings is 1. The Morgan fingerprint density at radius 3 is 2.50 bits per heavy atom. The Balaban J connectivity index is 0.00000338. The molecule has 0 aliphatic carbocycles. The van der Waals surface area contributed by atoms with Gasteiger partial charge in [-0.2, -0.15) is 0 Å². The SMILES string of the molecule is CCOc1ccc(CN(C)C(=NC)NCCC2CCN(C)CC2)cc1.I. The van der Waals surface area contributed by atoms with Crippen LogP contribution in [0.5, 0.6) is 5.75 Å². The largest absolute Gasteiger partial charge is 0.494 e. The van der Waals surface area contributed by atoms with Gasteiger partial charge in [-0.3, -0.25) is 4.99 Å². The van der Waals surface area contributed by atoms with Gasteiger partial charge >= 0.3 is 0 Å². The Morgan fingerprint density at radius 1 is 1.27 bits per heavy atom. The van der Waals surface area contributed by atoms with Crippen LogP contribution < -0.4 is 10.1 Å². The molecule has 2 rings (SSSR count). The van der Waals surface area contributed by atoms with Crippen molar-refractivity contribution in [1.29, 1.82) is 0 Å². The van der Waals surface area contributed by atoms with E-state index in [2.05, 4.69) is 46.3 Å². The van der Waals surface area contributed by atoms with Crippen molar-refractivity contribution < 1.29 is 4.74 Å². The van der Waals surface area contributed by atoms with Gasteiger partial charge in [0.1, 0.15) is 5.75 Å². The molecule has 0 amide bonds. The number of hydrogen-bond donors (Lipinski definition) is 1. The summed E-state index contributed by atoms with van der Waals surface area (Å²) in [6, 6.07) is 8.30. The number of likely N-dealkylation sites (tertiary alicyclic amines) is 1. The first-order chi connectivity index (χ1) is 12.1. The summed E-state index contributed by atoms with van der Waals surface area (Å²) in [6.07, 6.45) is 3.86. The van der Waals surface area contributed by atoms with Crippen LogP contribution in [0.4, 0.5) is 0 Å². The second kappa shape index (κ2) is 12.4. The van der Waals surface area contributed by atoms with E-state index in [4.69, 9.17) is 4.74 Å². The molecule has 26 heavy (non-hydrogen) atoms. The molecule has 1 aromatic carbocycles. The van der Waals surface area contributed by atoms with Gasteiger partial charge in [-0.15, -0.1) is 24.0 Å². The summed E-state index contributed by atoms with van der Waals surface area (Å²) in [4.78, 5) is 9.02. The molecule has 0 aromatic heterocycles. The fourth-order valence-corrected chi connectivity index (χ4v) is 3.33. The first kappa shape index (κ1) is 23.0. The van der Waals surface area contributed by atoms with Gasteiger partial charge in [0.2, 0.25) is 0 Å². The van der Waals surface area contributed by atoms with Gasteiger partial charge < -0.3 is 19.9 Å². The lowest BCUT2D eigenvalue weighted by Crippen LogP contribution is -2.40. The van der Waals surface area contributed by atoms with Crippen molar-refractivity contribution in [3.05, 3.63) is 29.8 Å². The summed E-state index contributed by atoms with van der Waals surface area (Å²) in [5, 5.41) is 3.52. The second-order valence-corrected chi connectivity index (χ2v) is 6.94. The first-order valence-corrected chi connectivity index (χ1v) is 9.44. The third-order valence-corrected chi connectivity index (χ3v) is 4.90. The Labute approximate surface area is 176 Å². The molecule has 1 saturated heterocycles. The van der Waals surface area contributed by atoms with E-state index in [-0.39, 0.29) is 24.0 Å². The van der Waals surface area contributed by atoms with Crippen LogP contribution in [0.2, 0.25) is 0 Å². The summed E-state index contributed by atoms with van der Waals surface area (Å²) >= 11 is 0. The van der Waals surface area contributed by atoms with Crippen LogP contribution in [0.1, 0.15) is 31.7 Å². The third-order valence-electron chi connectivity index (χ3n) is 4.90. The molecule has 0 atom stereocenters. The molecule has 0 radical (unpaired) electrons. The number of guanidine groups is 1. The Bertz CT molecular complexity index is 527. The quantitative estimate of drug-likeness (QED) is 0.374. The van der Waals surface area contributed by atoms with Gasteiger partial charge in [0, 0.05) is 27.2 Å². The van der Waals surface area contributed by atoms with Gasteiger partial charge in [-0.1, -0.05) is 12.1 Å². The molecule has 5 nitrogen and oxygen atoms in total. The Morgan fingerprint density at radius 2 is 1.92 bits per heavy atom. The van der Waals surface area contributed by atoms with Crippen molar-refractivity contribution >= 4 is 29.9 Å². The number of ether oxygens (including phenoxy) is 1. The normalized spacial score (nSPS) is 16.1. The minimum Gasteiger partial charge on any atom is -0.494 e. The molecule has 0 unspecified atom stereocenters. The molecule has 1 aliphatic heterocycles. The van der Waals surface area contributed by atoms with Gasteiger partial charge in [0.15, 0.2) is 5.96 Å². The fraction of sp³-hybridized carbons (Fsp3) is 0.650. The first-order valence-electron chi connectivity index (χ1n) is 9.44. The number of aliphatic imine (C=N–C) groups is 1. The van der Waals surface area contributed by atoms with E-state index in [1.807, 2.05) is 26.1 Å². The summed E-state index contributed by atoms with van der Waals surface area (Å²) in [5.41, 5.74) is 1.25. The predicted octanol–water partition coefficient (Wildman–Crippen LogP) is 3.44. The van der Waals surface area contributed by atoms with E-state index in [9.17, 15) is 0 Å². The number of piperidine rings is 1. The average molecular weight is 474 g/mol. The molecule has 148 valence electrons. The predicted molar refractivity (Wildman–Crippen MR) is 121 cm³/mol. The Hall–Kier alpha value is -1.02. The van der Waals surface area contributed by atoms with Crippen LogP contribution in [0.25, 0.3) is 0 Å². The zero-order valence-electron chi connectivity index (χ0n) is 16.7. The Kier molecular flexibility index (Phi) is 11.0. The number of nitrogens with one attached hydrogen (secondary N) is 1. The van der Waals surface area contributed by atoms with Gasteiger partial charge in [0.25, 0.3) is 0 Å². The van der Waals surface area contributed by atoms with Gasteiger partial charge in [0.05, 0.1) is 6.61 Å². The molecule has 1 N–H and O–H groups in total.